The van der Waals surface area contributed by atoms with Gasteiger partial charge in [0, 0.05) is 23.6 Å². The zero-order chi connectivity index (χ0) is 18.4. The minimum absolute atomic E-state index is 0.0443. The predicted octanol–water partition coefficient (Wildman–Crippen LogP) is 2.15. The van der Waals surface area contributed by atoms with E-state index in [0.717, 1.165) is 27.8 Å². The van der Waals surface area contributed by atoms with Crippen LogP contribution in [0.15, 0.2) is 54.7 Å². The summed E-state index contributed by atoms with van der Waals surface area (Å²) in [6.45, 7) is 0.360. The fourth-order valence-corrected chi connectivity index (χ4v) is 2.70. The molecule has 6 nitrogen and oxygen atoms in total. The molecule has 3 rings (SSSR count). The lowest BCUT2D eigenvalue weighted by Crippen LogP contribution is -2.37. The molecule has 0 saturated heterocycles. The number of para-hydroxylation sites is 1. The van der Waals surface area contributed by atoms with E-state index in [0.29, 0.717) is 6.54 Å². The molecule has 134 valence electrons. The summed E-state index contributed by atoms with van der Waals surface area (Å²) in [6.07, 6.45) is 2.06. The number of H-pyrrole nitrogens is 1. The van der Waals surface area contributed by atoms with Crippen molar-refractivity contribution in [3.05, 3.63) is 65.9 Å². The van der Waals surface area contributed by atoms with Gasteiger partial charge in [-0.25, -0.2) is 0 Å². The predicted molar refractivity (Wildman–Crippen MR) is 99.9 cm³/mol. The van der Waals surface area contributed by atoms with Crippen LogP contribution in [-0.2, 0) is 22.6 Å². The van der Waals surface area contributed by atoms with Crippen molar-refractivity contribution in [3.63, 3.8) is 0 Å². The molecule has 0 unspecified atom stereocenters. The number of hydrogen-bond acceptors (Lipinski definition) is 3. The molecule has 3 N–H and O–H groups in total. The molecule has 6 heteroatoms. The largest absolute Gasteiger partial charge is 0.497 e. The Labute approximate surface area is 151 Å². The Morgan fingerprint density at radius 2 is 1.77 bits per heavy atom. The Balaban J connectivity index is 1.44. The first kappa shape index (κ1) is 17.5. The van der Waals surface area contributed by atoms with Crippen molar-refractivity contribution < 1.29 is 14.3 Å². The van der Waals surface area contributed by atoms with Crippen LogP contribution >= 0.6 is 0 Å². The van der Waals surface area contributed by atoms with Crippen molar-refractivity contribution >= 4 is 22.7 Å². The molecule has 2 aromatic carbocycles. The topological polar surface area (TPSA) is 83.2 Å². The highest BCUT2D eigenvalue weighted by molar-refractivity contribution is 5.90. The maximum Gasteiger partial charge on any atom is 0.239 e. The fraction of sp³-hybridized carbons (Fsp3) is 0.200. The van der Waals surface area contributed by atoms with E-state index >= 15 is 0 Å². The van der Waals surface area contributed by atoms with Crippen LogP contribution in [0.2, 0.25) is 0 Å². The monoisotopic (exact) mass is 351 g/mol. The number of hydrogen-bond donors (Lipinski definition) is 3. The quantitative estimate of drug-likeness (QED) is 0.610. The van der Waals surface area contributed by atoms with Crippen LogP contribution in [0.1, 0.15) is 11.1 Å². The van der Waals surface area contributed by atoms with E-state index in [1.807, 2.05) is 54.7 Å². The van der Waals surface area contributed by atoms with Gasteiger partial charge >= 0.3 is 0 Å². The van der Waals surface area contributed by atoms with Gasteiger partial charge in [-0.05, 0) is 29.3 Å². The molecule has 26 heavy (non-hydrogen) atoms. The molecular formula is C20H21N3O3. The average Bonchev–Trinajstić information content (AvgIpc) is 3.08. The lowest BCUT2D eigenvalue weighted by atomic mass is 10.1. The van der Waals surface area contributed by atoms with Crippen molar-refractivity contribution in [2.24, 2.45) is 0 Å². The van der Waals surface area contributed by atoms with Gasteiger partial charge < -0.3 is 20.4 Å². The van der Waals surface area contributed by atoms with Gasteiger partial charge in [-0.15, -0.1) is 0 Å². The maximum atomic E-state index is 12.1. The second-order valence-electron chi connectivity index (χ2n) is 5.94. The second kappa shape index (κ2) is 8.20. The standard InChI is InChI=1S/C20H21N3O3/c1-26-16-8-6-14(7-9-16)11-22-20(25)13-23-19(24)10-15-12-21-18-5-3-2-4-17(15)18/h2-9,12,21H,10-11,13H2,1H3,(H,22,25)(H,23,24). The fourth-order valence-electron chi connectivity index (χ4n) is 2.70. The van der Waals surface area contributed by atoms with Gasteiger partial charge in [0.2, 0.25) is 11.8 Å². The van der Waals surface area contributed by atoms with Gasteiger partial charge in [-0.3, -0.25) is 9.59 Å². The summed E-state index contributed by atoms with van der Waals surface area (Å²) in [5.74, 6) is 0.354. The summed E-state index contributed by atoms with van der Waals surface area (Å²) in [5, 5.41) is 6.45. The molecule has 1 heterocycles. The molecule has 0 aliphatic carbocycles. The third-order valence-electron chi connectivity index (χ3n) is 4.12. The van der Waals surface area contributed by atoms with E-state index in [4.69, 9.17) is 4.74 Å². The number of aromatic amines is 1. The summed E-state index contributed by atoms with van der Waals surface area (Å²) in [6, 6.07) is 15.2. The molecule has 0 atom stereocenters. The van der Waals surface area contributed by atoms with Crippen LogP contribution in [0, 0.1) is 0 Å². The summed E-state index contributed by atoms with van der Waals surface area (Å²) in [5.41, 5.74) is 2.87. The molecule has 0 aliphatic rings. The number of fused-ring (bicyclic) bond motifs is 1. The lowest BCUT2D eigenvalue weighted by molar-refractivity contribution is -0.125. The van der Waals surface area contributed by atoms with Gasteiger partial charge in [0.15, 0.2) is 0 Å². The van der Waals surface area contributed by atoms with Crippen LogP contribution in [0.4, 0.5) is 0 Å². The van der Waals surface area contributed by atoms with Gasteiger partial charge in [0.25, 0.3) is 0 Å². The van der Waals surface area contributed by atoms with Gasteiger partial charge in [0.05, 0.1) is 20.1 Å². The van der Waals surface area contributed by atoms with Crippen molar-refractivity contribution in [3.8, 4) is 5.75 Å². The van der Waals surface area contributed by atoms with Crippen LogP contribution in [0.25, 0.3) is 10.9 Å². The zero-order valence-electron chi connectivity index (χ0n) is 14.5. The highest BCUT2D eigenvalue weighted by atomic mass is 16.5. The maximum absolute atomic E-state index is 12.1. The van der Waals surface area contributed by atoms with Crippen molar-refractivity contribution in [2.45, 2.75) is 13.0 Å². The Kier molecular flexibility index (Phi) is 5.53. The summed E-state index contributed by atoms with van der Waals surface area (Å²) in [4.78, 5) is 27.1. The van der Waals surface area contributed by atoms with Crippen LogP contribution in [-0.4, -0.2) is 30.5 Å². The molecule has 0 aliphatic heterocycles. The summed E-state index contributed by atoms with van der Waals surface area (Å²) < 4.78 is 5.09. The van der Waals surface area contributed by atoms with E-state index in [1.54, 1.807) is 7.11 Å². The van der Waals surface area contributed by atoms with Crippen LogP contribution < -0.4 is 15.4 Å². The SMILES string of the molecule is COc1ccc(CNC(=O)CNC(=O)Cc2c[nH]c3ccccc23)cc1. The molecule has 0 bridgehead atoms. The Morgan fingerprint density at radius 1 is 1.00 bits per heavy atom. The van der Waals surface area contributed by atoms with E-state index in [-0.39, 0.29) is 24.8 Å². The summed E-state index contributed by atoms with van der Waals surface area (Å²) >= 11 is 0. The molecular weight excluding hydrogens is 330 g/mol. The number of amides is 2. The second-order valence-corrected chi connectivity index (χ2v) is 5.94. The molecule has 0 fully saturated rings. The number of aromatic nitrogens is 1. The minimum atomic E-state index is -0.229. The molecule has 0 radical (unpaired) electrons. The smallest absolute Gasteiger partial charge is 0.239 e. The number of methoxy groups -OCH3 is 1. The number of ether oxygens (including phenoxy) is 1. The Bertz CT molecular complexity index is 900. The number of carbonyl (C=O) groups is 2. The Morgan fingerprint density at radius 3 is 2.54 bits per heavy atom. The van der Waals surface area contributed by atoms with Gasteiger partial charge in [-0.2, -0.15) is 0 Å². The molecule has 0 saturated carbocycles. The van der Waals surface area contributed by atoms with E-state index < -0.39 is 0 Å². The number of carbonyl (C=O) groups excluding carboxylic acids is 2. The average molecular weight is 351 g/mol. The first-order chi connectivity index (χ1) is 12.7. The Hall–Kier alpha value is -3.28. The van der Waals surface area contributed by atoms with Crippen molar-refractivity contribution in [1.82, 2.24) is 15.6 Å². The number of rotatable bonds is 7. The molecule has 3 aromatic rings. The van der Waals surface area contributed by atoms with Gasteiger partial charge in [-0.1, -0.05) is 30.3 Å². The normalized spacial score (nSPS) is 10.5. The van der Waals surface area contributed by atoms with Crippen LogP contribution in [0.5, 0.6) is 5.75 Å². The third-order valence-corrected chi connectivity index (χ3v) is 4.12. The number of benzene rings is 2. The van der Waals surface area contributed by atoms with E-state index in [1.165, 1.54) is 0 Å². The first-order valence-electron chi connectivity index (χ1n) is 8.37. The molecule has 0 spiro atoms. The van der Waals surface area contributed by atoms with E-state index in [9.17, 15) is 9.59 Å². The molecule has 2 amide bonds. The van der Waals surface area contributed by atoms with Crippen LogP contribution in [0.3, 0.4) is 0 Å². The minimum Gasteiger partial charge on any atom is -0.497 e. The highest BCUT2D eigenvalue weighted by Gasteiger charge is 2.10. The van der Waals surface area contributed by atoms with E-state index in [2.05, 4.69) is 15.6 Å². The zero-order valence-corrected chi connectivity index (χ0v) is 14.5. The lowest BCUT2D eigenvalue weighted by Gasteiger charge is -2.08. The van der Waals surface area contributed by atoms with Crippen molar-refractivity contribution in [2.75, 3.05) is 13.7 Å². The molecule has 1 aromatic heterocycles. The number of nitrogens with one attached hydrogen (secondary N) is 3. The van der Waals surface area contributed by atoms with Crippen molar-refractivity contribution in [1.29, 1.82) is 0 Å². The highest BCUT2D eigenvalue weighted by Crippen LogP contribution is 2.17. The third kappa shape index (κ3) is 4.42. The first-order valence-corrected chi connectivity index (χ1v) is 8.37. The van der Waals surface area contributed by atoms with Gasteiger partial charge in [0.1, 0.15) is 5.75 Å². The summed E-state index contributed by atoms with van der Waals surface area (Å²) in [7, 11) is 1.61.